The molecule has 0 radical (unpaired) electrons. The average molecular weight is 349 g/mol. The van der Waals surface area contributed by atoms with E-state index in [1.54, 1.807) is 17.0 Å². The minimum absolute atomic E-state index is 0.0625. The van der Waals surface area contributed by atoms with Gasteiger partial charge < -0.3 is 15.0 Å². The first kappa shape index (κ1) is 17.3. The van der Waals surface area contributed by atoms with Crippen LogP contribution in [0.25, 0.3) is 0 Å². The van der Waals surface area contributed by atoms with E-state index in [0.29, 0.717) is 13.2 Å². The van der Waals surface area contributed by atoms with E-state index in [9.17, 15) is 18.8 Å². The van der Waals surface area contributed by atoms with Crippen molar-refractivity contribution in [1.82, 2.24) is 15.1 Å². The van der Waals surface area contributed by atoms with E-state index in [4.69, 9.17) is 4.74 Å². The van der Waals surface area contributed by atoms with Gasteiger partial charge in [0.2, 0.25) is 5.91 Å². The maximum Gasteiger partial charge on any atom is 0.325 e. The zero-order valence-electron chi connectivity index (χ0n) is 13.7. The fraction of sp³-hybridized carbons (Fsp3) is 0.471. The second-order valence-corrected chi connectivity index (χ2v) is 6.17. The molecule has 134 valence electrons. The van der Waals surface area contributed by atoms with Crippen molar-refractivity contribution >= 4 is 17.8 Å². The lowest BCUT2D eigenvalue weighted by Gasteiger charge is -2.27. The molecule has 0 unspecified atom stereocenters. The molecule has 0 spiro atoms. The molecule has 2 heterocycles. The quantitative estimate of drug-likeness (QED) is 0.774. The number of carbonyl (C=O) groups excluding carboxylic acids is 3. The highest BCUT2D eigenvalue weighted by atomic mass is 19.1. The number of nitrogens with one attached hydrogen (secondary N) is 1. The third-order valence-electron chi connectivity index (χ3n) is 4.32. The molecule has 25 heavy (non-hydrogen) atoms. The van der Waals surface area contributed by atoms with Crippen molar-refractivity contribution in [3.63, 3.8) is 0 Å². The fourth-order valence-corrected chi connectivity index (χ4v) is 2.95. The number of hydrogen-bond donors (Lipinski definition) is 1. The lowest BCUT2D eigenvalue weighted by molar-refractivity contribution is -0.138. The van der Waals surface area contributed by atoms with Crippen LogP contribution in [0.15, 0.2) is 24.3 Å². The third kappa shape index (κ3) is 4.33. The van der Waals surface area contributed by atoms with Crippen LogP contribution in [0, 0.1) is 5.82 Å². The first-order valence-corrected chi connectivity index (χ1v) is 8.25. The molecule has 2 saturated heterocycles. The number of benzene rings is 1. The van der Waals surface area contributed by atoms with Crippen LogP contribution in [0.2, 0.25) is 0 Å². The van der Waals surface area contributed by atoms with Gasteiger partial charge in [-0.05, 0) is 30.5 Å². The molecular formula is C17H20FN3O4. The molecule has 0 aromatic heterocycles. The van der Waals surface area contributed by atoms with Gasteiger partial charge in [0.05, 0.1) is 12.6 Å². The molecule has 1 aromatic carbocycles. The molecule has 0 aliphatic carbocycles. The normalized spacial score (nSPS) is 20.0. The predicted octanol–water partition coefficient (Wildman–Crippen LogP) is 0.885. The maximum atomic E-state index is 13.1. The molecule has 7 nitrogen and oxygen atoms in total. The average Bonchev–Trinajstić information content (AvgIpc) is 3.21. The Hall–Kier alpha value is -2.48. The van der Waals surface area contributed by atoms with E-state index in [-0.39, 0.29) is 37.5 Å². The Kier molecular flexibility index (Phi) is 5.28. The van der Waals surface area contributed by atoms with Gasteiger partial charge in [-0.1, -0.05) is 12.1 Å². The fourth-order valence-electron chi connectivity index (χ4n) is 2.95. The first-order valence-electron chi connectivity index (χ1n) is 8.25. The van der Waals surface area contributed by atoms with E-state index in [1.807, 2.05) is 0 Å². The highest BCUT2D eigenvalue weighted by Gasteiger charge is 2.32. The molecule has 0 bridgehead atoms. The van der Waals surface area contributed by atoms with Crippen LogP contribution < -0.4 is 5.32 Å². The summed E-state index contributed by atoms with van der Waals surface area (Å²) in [5, 5.41) is 2.39. The summed E-state index contributed by atoms with van der Waals surface area (Å²) in [4.78, 5) is 38.5. The highest BCUT2D eigenvalue weighted by Crippen LogP contribution is 2.16. The van der Waals surface area contributed by atoms with Gasteiger partial charge in [-0.15, -0.1) is 0 Å². The number of rotatable bonds is 6. The van der Waals surface area contributed by atoms with E-state index < -0.39 is 11.9 Å². The Labute approximate surface area is 144 Å². The predicted molar refractivity (Wildman–Crippen MR) is 85.9 cm³/mol. The summed E-state index contributed by atoms with van der Waals surface area (Å²) in [6, 6.07) is 5.33. The van der Waals surface area contributed by atoms with Crippen molar-refractivity contribution in [1.29, 1.82) is 0 Å². The van der Waals surface area contributed by atoms with Crippen LogP contribution in [0.5, 0.6) is 0 Å². The summed E-state index contributed by atoms with van der Waals surface area (Å²) in [6.45, 7) is 0.910. The maximum absolute atomic E-state index is 13.1. The number of imide groups is 1. The molecule has 1 atom stereocenters. The molecule has 8 heteroatoms. The number of urea groups is 1. The topological polar surface area (TPSA) is 79.0 Å². The Morgan fingerprint density at radius 1 is 1.32 bits per heavy atom. The van der Waals surface area contributed by atoms with Gasteiger partial charge in [-0.25, -0.2) is 9.18 Å². The molecule has 1 aromatic rings. The minimum Gasteiger partial charge on any atom is -0.376 e. The molecule has 2 aliphatic rings. The molecule has 1 N–H and O–H groups in total. The number of hydrogen-bond acceptors (Lipinski definition) is 4. The Bertz CT molecular complexity index is 642. The van der Waals surface area contributed by atoms with Crippen molar-refractivity contribution in [3.8, 4) is 0 Å². The number of nitrogens with zero attached hydrogens (tertiary/aromatic N) is 2. The highest BCUT2D eigenvalue weighted by molar-refractivity contribution is 6.04. The summed E-state index contributed by atoms with van der Waals surface area (Å²) in [6.07, 6.45) is 1.74. The summed E-state index contributed by atoms with van der Waals surface area (Å²) in [7, 11) is 0. The minimum atomic E-state index is -0.558. The van der Waals surface area contributed by atoms with E-state index in [1.165, 1.54) is 12.1 Å². The van der Waals surface area contributed by atoms with Crippen LogP contribution in [-0.4, -0.2) is 60.0 Å². The van der Waals surface area contributed by atoms with Crippen LogP contribution >= 0.6 is 0 Å². The van der Waals surface area contributed by atoms with Gasteiger partial charge in [0.15, 0.2) is 0 Å². The zero-order chi connectivity index (χ0) is 17.8. The molecule has 0 saturated carbocycles. The van der Waals surface area contributed by atoms with Crippen molar-refractivity contribution in [2.75, 3.05) is 26.2 Å². The summed E-state index contributed by atoms with van der Waals surface area (Å²) in [5.74, 6) is -1.11. The SMILES string of the molecule is O=C(CN1C(=O)CNC1=O)N(Cc1ccc(F)cc1)C[C@@H]1CCCO1. The second-order valence-electron chi connectivity index (χ2n) is 6.17. The van der Waals surface area contributed by atoms with Crippen LogP contribution in [0.4, 0.5) is 9.18 Å². The van der Waals surface area contributed by atoms with Crippen molar-refractivity contribution in [3.05, 3.63) is 35.6 Å². The van der Waals surface area contributed by atoms with Gasteiger partial charge in [0.25, 0.3) is 5.91 Å². The van der Waals surface area contributed by atoms with Crippen LogP contribution in [0.3, 0.4) is 0 Å². The molecular weight excluding hydrogens is 329 g/mol. The summed E-state index contributed by atoms with van der Waals surface area (Å²) < 4.78 is 18.7. The Morgan fingerprint density at radius 3 is 2.68 bits per heavy atom. The third-order valence-corrected chi connectivity index (χ3v) is 4.32. The van der Waals surface area contributed by atoms with Crippen molar-refractivity contribution in [2.45, 2.75) is 25.5 Å². The standard InChI is InChI=1S/C17H20FN3O4/c18-13-5-3-12(4-6-13)9-20(10-14-2-1-7-25-14)16(23)11-21-15(22)8-19-17(21)24/h3-6,14H,1-2,7-11H2,(H,19,24)/t14-/m0/s1. The largest absolute Gasteiger partial charge is 0.376 e. The van der Waals surface area contributed by atoms with Gasteiger partial charge >= 0.3 is 6.03 Å². The number of ether oxygens (including phenoxy) is 1. The first-order chi connectivity index (χ1) is 12.0. The van der Waals surface area contributed by atoms with E-state index >= 15 is 0 Å². The Balaban J connectivity index is 1.69. The van der Waals surface area contributed by atoms with Gasteiger partial charge in [-0.2, -0.15) is 0 Å². The van der Waals surface area contributed by atoms with E-state index in [0.717, 1.165) is 23.3 Å². The van der Waals surface area contributed by atoms with Gasteiger partial charge in [0.1, 0.15) is 12.4 Å². The van der Waals surface area contributed by atoms with Gasteiger partial charge in [-0.3, -0.25) is 14.5 Å². The molecule has 2 aliphatic heterocycles. The van der Waals surface area contributed by atoms with Crippen molar-refractivity contribution in [2.24, 2.45) is 0 Å². The zero-order valence-corrected chi connectivity index (χ0v) is 13.7. The Morgan fingerprint density at radius 2 is 2.08 bits per heavy atom. The number of carbonyl (C=O) groups is 3. The van der Waals surface area contributed by atoms with Crippen molar-refractivity contribution < 1.29 is 23.5 Å². The van der Waals surface area contributed by atoms with Crippen LogP contribution in [-0.2, 0) is 20.9 Å². The number of halogens is 1. The molecule has 4 amide bonds. The smallest absolute Gasteiger partial charge is 0.325 e. The van der Waals surface area contributed by atoms with Gasteiger partial charge in [0, 0.05) is 19.7 Å². The summed E-state index contributed by atoms with van der Waals surface area (Å²) in [5.41, 5.74) is 0.768. The van der Waals surface area contributed by atoms with Crippen LogP contribution in [0.1, 0.15) is 18.4 Å². The van der Waals surface area contributed by atoms with E-state index in [2.05, 4.69) is 5.32 Å². The molecule has 3 rings (SSSR count). The monoisotopic (exact) mass is 349 g/mol. The lowest BCUT2D eigenvalue weighted by Crippen LogP contribution is -2.45. The molecule has 2 fully saturated rings. The second kappa shape index (κ2) is 7.60. The lowest BCUT2D eigenvalue weighted by atomic mass is 10.1. The number of amides is 4. The summed E-state index contributed by atoms with van der Waals surface area (Å²) >= 11 is 0.